The van der Waals surface area contributed by atoms with Crippen LogP contribution in [0.4, 0.5) is 17.1 Å². The molecule has 0 saturated carbocycles. The van der Waals surface area contributed by atoms with Crippen molar-refractivity contribution in [1.82, 2.24) is 0 Å². The lowest BCUT2D eigenvalue weighted by atomic mass is 10.1. The molecular weight excluding hydrogens is 474 g/mol. The van der Waals surface area contributed by atoms with Crippen LogP contribution in [0.25, 0.3) is 12.2 Å². The Balaban J connectivity index is 1.44. The summed E-state index contributed by atoms with van der Waals surface area (Å²) in [6, 6.07) is 24.2. The highest BCUT2D eigenvalue weighted by Crippen LogP contribution is 2.44. The second-order valence-electron chi connectivity index (χ2n) is 7.96. The number of hydrogen-bond donors (Lipinski definition) is 0. The van der Waals surface area contributed by atoms with E-state index in [1.165, 1.54) is 11.3 Å². The average molecular weight is 500 g/mol. The van der Waals surface area contributed by atoms with Gasteiger partial charge in [0, 0.05) is 17.1 Å². The number of carbonyl (C=O) groups is 1. The van der Waals surface area contributed by atoms with Crippen LogP contribution in [0.1, 0.15) is 20.1 Å². The molecule has 7 heteroatoms. The first kappa shape index (κ1) is 23.5. The fourth-order valence-electron chi connectivity index (χ4n) is 4.00. The van der Waals surface area contributed by atoms with Crippen molar-refractivity contribution in [2.45, 2.75) is 0 Å². The van der Waals surface area contributed by atoms with E-state index in [1.807, 2.05) is 60.7 Å². The van der Waals surface area contributed by atoms with Crippen LogP contribution >= 0.6 is 11.3 Å². The molecule has 36 heavy (non-hydrogen) atoms. The molecule has 0 amide bonds. The van der Waals surface area contributed by atoms with Gasteiger partial charge in [-0.2, -0.15) is 0 Å². The zero-order chi connectivity index (χ0) is 24.9. The highest BCUT2D eigenvalue weighted by molar-refractivity contribution is 7.15. The monoisotopic (exact) mass is 499 g/mol. The van der Waals surface area contributed by atoms with E-state index in [9.17, 15) is 4.79 Å². The molecule has 2 heterocycles. The lowest BCUT2D eigenvalue weighted by molar-refractivity contribution is 0.111. The fourth-order valence-corrected chi connectivity index (χ4v) is 4.91. The van der Waals surface area contributed by atoms with Crippen LogP contribution in [-0.4, -0.2) is 33.7 Å². The standard InChI is InChI=1S/C29H25NO5S/c1-32-24-12-8-22(9-13-24)30(23-10-14-25(33-2)15-11-23)21-6-3-20(4-7-21)5-16-26-28-29(27(19-31)36-26)35-18-17-34-28/h3-16,19H,17-18H2,1-2H3/b16-5+. The number of carbonyl (C=O) groups excluding carboxylic acids is 1. The van der Waals surface area contributed by atoms with Crippen molar-refractivity contribution in [2.75, 3.05) is 32.3 Å². The zero-order valence-electron chi connectivity index (χ0n) is 20.0. The Labute approximate surface area is 213 Å². The summed E-state index contributed by atoms with van der Waals surface area (Å²) in [6.07, 6.45) is 4.79. The predicted octanol–water partition coefficient (Wildman–Crippen LogP) is 6.99. The van der Waals surface area contributed by atoms with E-state index in [4.69, 9.17) is 18.9 Å². The highest BCUT2D eigenvalue weighted by Gasteiger charge is 2.22. The van der Waals surface area contributed by atoms with Gasteiger partial charge in [-0.05, 0) is 72.3 Å². The third-order valence-corrected chi connectivity index (χ3v) is 6.84. The second kappa shape index (κ2) is 10.6. The van der Waals surface area contributed by atoms with Crippen molar-refractivity contribution in [3.8, 4) is 23.0 Å². The Kier molecular flexibility index (Phi) is 6.91. The van der Waals surface area contributed by atoms with Crippen molar-refractivity contribution >= 4 is 46.8 Å². The fraction of sp³-hybridized carbons (Fsp3) is 0.138. The van der Waals surface area contributed by atoms with Crippen molar-refractivity contribution in [2.24, 2.45) is 0 Å². The predicted molar refractivity (Wildman–Crippen MR) is 144 cm³/mol. The summed E-state index contributed by atoms with van der Waals surface area (Å²) in [5.41, 5.74) is 4.05. The van der Waals surface area contributed by atoms with Crippen LogP contribution in [0.5, 0.6) is 23.0 Å². The van der Waals surface area contributed by atoms with Gasteiger partial charge in [0.05, 0.1) is 19.1 Å². The molecule has 0 unspecified atom stereocenters. The third kappa shape index (κ3) is 4.78. The van der Waals surface area contributed by atoms with Gasteiger partial charge in [0.25, 0.3) is 0 Å². The Hall–Kier alpha value is -4.23. The van der Waals surface area contributed by atoms with Gasteiger partial charge < -0.3 is 23.8 Å². The number of nitrogens with zero attached hydrogens (tertiary/aromatic N) is 1. The van der Waals surface area contributed by atoms with Crippen molar-refractivity contribution in [3.63, 3.8) is 0 Å². The van der Waals surface area contributed by atoms with Crippen LogP contribution in [0.2, 0.25) is 0 Å². The molecule has 0 fully saturated rings. The maximum absolute atomic E-state index is 11.4. The van der Waals surface area contributed by atoms with Crippen molar-refractivity contribution in [3.05, 3.63) is 88.1 Å². The van der Waals surface area contributed by atoms with Gasteiger partial charge in [0.1, 0.15) is 29.6 Å². The molecule has 182 valence electrons. The third-order valence-electron chi connectivity index (χ3n) is 5.80. The number of hydrogen-bond acceptors (Lipinski definition) is 7. The molecule has 0 atom stereocenters. The van der Waals surface area contributed by atoms with E-state index in [0.717, 1.165) is 45.3 Å². The van der Waals surface area contributed by atoms with E-state index in [-0.39, 0.29) is 0 Å². The summed E-state index contributed by atoms with van der Waals surface area (Å²) in [5.74, 6) is 2.80. The van der Waals surface area contributed by atoms with Gasteiger partial charge in [-0.3, -0.25) is 4.79 Å². The summed E-state index contributed by atoms with van der Waals surface area (Å²) in [7, 11) is 3.32. The number of aldehydes is 1. The molecule has 3 aromatic carbocycles. The molecule has 0 N–H and O–H groups in total. The first-order valence-electron chi connectivity index (χ1n) is 11.4. The summed E-state index contributed by atoms with van der Waals surface area (Å²) in [4.78, 5) is 15.0. The van der Waals surface area contributed by atoms with E-state index in [1.54, 1.807) is 14.2 Å². The Morgan fingerprint density at radius 2 is 1.17 bits per heavy atom. The molecule has 4 aromatic rings. The molecule has 1 aromatic heterocycles. The van der Waals surface area contributed by atoms with E-state index < -0.39 is 0 Å². The molecule has 0 spiro atoms. The molecule has 0 radical (unpaired) electrons. The first-order valence-corrected chi connectivity index (χ1v) is 12.3. The number of anilines is 3. The molecule has 6 nitrogen and oxygen atoms in total. The quantitative estimate of drug-likeness (QED) is 0.244. The molecule has 5 rings (SSSR count). The largest absolute Gasteiger partial charge is 0.497 e. The van der Waals surface area contributed by atoms with Gasteiger partial charge in [-0.1, -0.05) is 18.2 Å². The van der Waals surface area contributed by atoms with Gasteiger partial charge in [0.15, 0.2) is 17.8 Å². The Morgan fingerprint density at radius 3 is 1.64 bits per heavy atom. The van der Waals surface area contributed by atoms with Crippen LogP contribution < -0.4 is 23.8 Å². The minimum atomic E-state index is 0.452. The number of benzene rings is 3. The summed E-state index contributed by atoms with van der Waals surface area (Å²) >= 11 is 1.37. The average Bonchev–Trinajstić information content (AvgIpc) is 3.31. The van der Waals surface area contributed by atoms with Crippen molar-refractivity contribution in [1.29, 1.82) is 0 Å². The Morgan fingerprint density at radius 1 is 0.694 bits per heavy atom. The first-order chi connectivity index (χ1) is 17.7. The molecule has 0 bridgehead atoms. The summed E-state index contributed by atoms with van der Waals surface area (Å²) < 4.78 is 22.1. The number of rotatable bonds is 8. The van der Waals surface area contributed by atoms with E-state index in [2.05, 4.69) is 29.2 Å². The minimum absolute atomic E-state index is 0.452. The number of methoxy groups -OCH3 is 2. The normalized spacial score (nSPS) is 12.4. The molecular formula is C29H25NO5S. The van der Waals surface area contributed by atoms with Gasteiger partial charge >= 0.3 is 0 Å². The highest BCUT2D eigenvalue weighted by atomic mass is 32.1. The van der Waals surface area contributed by atoms with Crippen LogP contribution in [-0.2, 0) is 0 Å². The van der Waals surface area contributed by atoms with Crippen LogP contribution in [0, 0.1) is 0 Å². The zero-order valence-corrected chi connectivity index (χ0v) is 20.8. The van der Waals surface area contributed by atoms with Gasteiger partial charge in [-0.25, -0.2) is 0 Å². The molecule has 0 saturated heterocycles. The lowest BCUT2D eigenvalue weighted by Gasteiger charge is -2.26. The number of ether oxygens (including phenoxy) is 4. The van der Waals surface area contributed by atoms with Crippen molar-refractivity contribution < 1.29 is 23.7 Å². The molecule has 1 aliphatic heterocycles. The molecule has 0 aliphatic carbocycles. The lowest BCUT2D eigenvalue weighted by Crippen LogP contribution is -2.15. The topological polar surface area (TPSA) is 57.2 Å². The maximum atomic E-state index is 11.4. The summed E-state index contributed by atoms with van der Waals surface area (Å²) in [6.45, 7) is 0.929. The SMILES string of the molecule is COc1ccc(N(c2ccc(/C=C/c3sc(C=O)c4c3OCCO4)cc2)c2ccc(OC)cc2)cc1. The second-order valence-corrected chi connectivity index (χ2v) is 9.04. The van der Waals surface area contributed by atoms with Crippen LogP contribution in [0.15, 0.2) is 72.8 Å². The summed E-state index contributed by atoms with van der Waals surface area (Å²) in [5, 5.41) is 0. The maximum Gasteiger partial charge on any atom is 0.183 e. The minimum Gasteiger partial charge on any atom is -0.497 e. The Bertz CT molecular complexity index is 1310. The number of fused-ring (bicyclic) bond motifs is 1. The smallest absolute Gasteiger partial charge is 0.183 e. The van der Waals surface area contributed by atoms with Gasteiger partial charge in [0.2, 0.25) is 0 Å². The number of thiophene rings is 1. The van der Waals surface area contributed by atoms with Gasteiger partial charge in [-0.15, -0.1) is 11.3 Å². The van der Waals surface area contributed by atoms with Crippen LogP contribution in [0.3, 0.4) is 0 Å². The van der Waals surface area contributed by atoms with E-state index >= 15 is 0 Å². The van der Waals surface area contributed by atoms with E-state index in [0.29, 0.717) is 29.6 Å². The molecule has 1 aliphatic rings.